The lowest BCUT2D eigenvalue weighted by Gasteiger charge is -2.33. The van der Waals surface area contributed by atoms with Crippen LogP contribution in [0.25, 0.3) is 11.4 Å². The zero-order valence-corrected chi connectivity index (χ0v) is 18.0. The molecule has 3 aromatic rings. The number of methoxy groups -OCH3 is 1. The molecule has 0 bridgehead atoms. The van der Waals surface area contributed by atoms with E-state index in [0.717, 1.165) is 31.1 Å². The van der Waals surface area contributed by atoms with Gasteiger partial charge in [-0.2, -0.15) is 5.10 Å². The van der Waals surface area contributed by atoms with Crippen molar-refractivity contribution in [1.82, 2.24) is 30.0 Å². The van der Waals surface area contributed by atoms with E-state index in [4.69, 9.17) is 4.74 Å². The molecule has 1 aliphatic rings. The van der Waals surface area contributed by atoms with Gasteiger partial charge < -0.3 is 20.3 Å². The van der Waals surface area contributed by atoms with Gasteiger partial charge in [0.1, 0.15) is 17.1 Å². The van der Waals surface area contributed by atoms with E-state index in [1.165, 1.54) is 6.42 Å². The number of nitrogens with zero attached hydrogens (tertiary/aromatic N) is 5. The van der Waals surface area contributed by atoms with Crippen molar-refractivity contribution in [2.45, 2.75) is 19.4 Å². The smallest absolute Gasteiger partial charge is 0.269 e. The average molecular weight is 422 g/mol. The molecular weight excluding hydrogens is 394 g/mol. The van der Waals surface area contributed by atoms with Crippen molar-refractivity contribution in [1.29, 1.82) is 0 Å². The van der Waals surface area contributed by atoms with Gasteiger partial charge in [-0.25, -0.2) is 9.97 Å². The van der Waals surface area contributed by atoms with E-state index in [1.54, 1.807) is 37.2 Å². The number of likely N-dealkylation sites (tertiary alicyclic amines) is 1. The molecule has 4 rings (SSSR count). The van der Waals surface area contributed by atoms with Gasteiger partial charge in [-0.3, -0.25) is 9.48 Å². The Labute approximate surface area is 181 Å². The van der Waals surface area contributed by atoms with E-state index in [0.29, 0.717) is 23.0 Å². The van der Waals surface area contributed by atoms with Gasteiger partial charge in [0.05, 0.1) is 12.8 Å². The molecule has 0 radical (unpaired) electrons. The van der Waals surface area contributed by atoms with Crippen LogP contribution in [0, 0.1) is 0 Å². The average Bonchev–Trinajstić information content (AvgIpc) is 3.13. The molecule has 9 nitrogen and oxygen atoms in total. The molecule has 0 saturated carbocycles. The minimum Gasteiger partial charge on any atom is -0.497 e. The first kappa shape index (κ1) is 20.8. The fourth-order valence-corrected chi connectivity index (χ4v) is 3.49. The molecule has 0 unspecified atom stereocenters. The van der Waals surface area contributed by atoms with Gasteiger partial charge in [0.2, 0.25) is 5.95 Å². The fourth-order valence-electron chi connectivity index (χ4n) is 3.49. The molecule has 1 aromatic carbocycles. The maximum absolute atomic E-state index is 12.7. The Bertz CT molecular complexity index is 1060. The highest BCUT2D eigenvalue weighted by Gasteiger charge is 2.20. The van der Waals surface area contributed by atoms with Crippen molar-refractivity contribution in [2.75, 3.05) is 32.1 Å². The number of nitrogens with one attached hydrogen (secondary N) is 2. The first-order valence-electron chi connectivity index (χ1n) is 10.3. The van der Waals surface area contributed by atoms with Gasteiger partial charge in [0, 0.05) is 37.6 Å². The molecule has 31 heavy (non-hydrogen) atoms. The minimum absolute atomic E-state index is 0.0730. The number of aryl methyl sites for hydroxylation is 1. The van der Waals surface area contributed by atoms with Gasteiger partial charge in [-0.1, -0.05) is 6.07 Å². The number of ether oxygens (including phenoxy) is 1. The van der Waals surface area contributed by atoms with Crippen molar-refractivity contribution in [3.63, 3.8) is 0 Å². The lowest BCUT2D eigenvalue weighted by atomic mass is 10.2. The minimum atomic E-state index is -0.141. The predicted molar refractivity (Wildman–Crippen MR) is 118 cm³/mol. The van der Waals surface area contributed by atoms with Crippen molar-refractivity contribution >= 4 is 17.5 Å². The van der Waals surface area contributed by atoms with Crippen LogP contribution in [0.2, 0.25) is 0 Å². The number of aromatic nitrogens is 4. The molecule has 1 aliphatic heterocycles. The van der Waals surface area contributed by atoms with Crippen LogP contribution in [0.15, 0.2) is 42.6 Å². The second-order valence-electron chi connectivity index (χ2n) is 7.69. The standard InChI is InChI=1S/C22H27N7O2/c1-15(14-29-10-5-11-29)24-21(30)20-13-19(27-28(20)2)18-8-9-23-22(26-18)25-16-6-4-7-17(12-16)31-3/h4,6-9,12-13,15H,5,10-11,14H2,1-3H3,(H,24,30)(H,23,25,26)/t15-/m0/s1. The highest BCUT2D eigenvalue weighted by molar-refractivity contribution is 5.93. The van der Waals surface area contributed by atoms with Gasteiger partial charge in [-0.15, -0.1) is 0 Å². The number of anilines is 2. The molecule has 0 spiro atoms. The molecular formula is C22H27N7O2. The van der Waals surface area contributed by atoms with Crippen LogP contribution in [0.1, 0.15) is 23.8 Å². The molecule has 1 amide bonds. The summed E-state index contributed by atoms with van der Waals surface area (Å²) in [4.78, 5) is 23.9. The van der Waals surface area contributed by atoms with Crippen LogP contribution in [-0.4, -0.2) is 63.3 Å². The highest BCUT2D eigenvalue weighted by Crippen LogP contribution is 2.22. The van der Waals surface area contributed by atoms with E-state index in [-0.39, 0.29) is 11.9 Å². The maximum atomic E-state index is 12.7. The summed E-state index contributed by atoms with van der Waals surface area (Å²) in [5.41, 5.74) is 2.54. The van der Waals surface area contributed by atoms with Crippen LogP contribution >= 0.6 is 0 Å². The maximum Gasteiger partial charge on any atom is 0.269 e. The van der Waals surface area contributed by atoms with Crippen molar-refractivity contribution in [3.05, 3.63) is 48.3 Å². The first-order chi connectivity index (χ1) is 15.0. The largest absolute Gasteiger partial charge is 0.497 e. The van der Waals surface area contributed by atoms with Crippen LogP contribution < -0.4 is 15.4 Å². The summed E-state index contributed by atoms with van der Waals surface area (Å²) in [5.74, 6) is 1.04. The normalized spacial score (nSPS) is 14.5. The number of carbonyl (C=O) groups is 1. The zero-order valence-electron chi connectivity index (χ0n) is 18.0. The van der Waals surface area contributed by atoms with Crippen LogP contribution in [-0.2, 0) is 7.05 Å². The monoisotopic (exact) mass is 421 g/mol. The summed E-state index contributed by atoms with van der Waals surface area (Å²) < 4.78 is 6.83. The van der Waals surface area contributed by atoms with Crippen LogP contribution in [0.3, 0.4) is 0 Å². The third-order valence-electron chi connectivity index (χ3n) is 5.21. The molecule has 162 valence electrons. The molecule has 1 saturated heterocycles. The van der Waals surface area contributed by atoms with Gasteiger partial charge in [-0.05, 0) is 50.7 Å². The molecule has 3 heterocycles. The Morgan fingerprint density at radius 2 is 2.06 bits per heavy atom. The van der Waals surface area contributed by atoms with E-state index in [2.05, 4.69) is 30.6 Å². The number of carbonyl (C=O) groups excluding carboxylic acids is 1. The predicted octanol–water partition coefficient (Wildman–Crippen LogP) is 2.45. The Balaban J connectivity index is 1.47. The number of hydrogen-bond donors (Lipinski definition) is 2. The number of benzene rings is 1. The SMILES string of the molecule is COc1cccc(Nc2nccc(-c3cc(C(=O)N[C@@H](C)CN4CCC4)n(C)n3)n2)c1. The van der Waals surface area contributed by atoms with Crippen molar-refractivity contribution in [3.8, 4) is 17.1 Å². The van der Waals surface area contributed by atoms with Crippen molar-refractivity contribution in [2.24, 2.45) is 7.05 Å². The quantitative estimate of drug-likeness (QED) is 0.577. The molecule has 0 aliphatic carbocycles. The summed E-state index contributed by atoms with van der Waals surface area (Å²) >= 11 is 0. The molecule has 1 atom stereocenters. The molecule has 2 aromatic heterocycles. The molecule has 2 N–H and O–H groups in total. The number of hydrogen-bond acceptors (Lipinski definition) is 7. The highest BCUT2D eigenvalue weighted by atomic mass is 16.5. The Morgan fingerprint density at radius 1 is 1.23 bits per heavy atom. The Hall–Kier alpha value is -3.46. The zero-order chi connectivity index (χ0) is 21.8. The van der Waals surface area contributed by atoms with E-state index >= 15 is 0 Å². The third-order valence-corrected chi connectivity index (χ3v) is 5.21. The number of rotatable bonds is 8. The second-order valence-corrected chi connectivity index (χ2v) is 7.69. The summed E-state index contributed by atoms with van der Waals surface area (Å²) in [5, 5.41) is 10.7. The second kappa shape index (κ2) is 9.13. The van der Waals surface area contributed by atoms with Gasteiger partial charge >= 0.3 is 0 Å². The third kappa shape index (κ3) is 5.00. The summed E-state index contributed by atoms with van der Waals surface area (Å²) in [6.07, 6.45) is 2.90. The summed E-state index contributed by atoms with van der Waals surface area (Å²) in [6.45, 7) is 5.10. The Kier molecular flexibility index (Phi) is 6.13. The lowest BCUT2D eigenvalue weighted by molar-refractivity contribution is 0.0905. The van der Waals surface area contributed by atoms with E-state index in [1.807, 2.05) is 31.2 Å². The van der Waals surface area contributed by atoms with E-state index in [9.17, 15) is 4.79 Å². The molecule has 1 fully saturated rings. The van der Waals surface area contributed by atoms with Gasteiger partial charge in [0.25, 0.3) is 5.91 Å². The first-order valence-corrected chi connectivity index (χ1v) is 10.3. The van der Waals surface area contributed by atoms with Crippen LogP contribution in [0.4, 0.5) is 11.6 Å². The lowest BCUT2D eigenvalue weighted by Crippen LogP contribution is -2.47. The summed E-state index contributed by atoms with van der Waals surface area (Å²) in [6, 6.07) is 11.1. The molecule has 9 heteroatoms. The van der Waals surface area contributed by atoms with E-state index < -0.39 is 0 Å². The Morgan fingerprint density at radius 3 is 2.81 bits per heavy atom. The van der Waals surface area contributed by atoms with Gasteiger partial charge in [0.15, 0.2) is 0 Å². The number of amides is 1. The summed E-state index contributed by atoms with van der Waals surface area (Å²) in [7, 11) is 3.38. The fraction of sp³-hybridized carbons (Fsp3) is 0.364. The topological polar surface area (TPSA) is 97.2 Å². The van der Waals surface area contributed by atoms with Crippen molar-refractivity contribution < 1.29 is 9.53 Å². The van der Waals surface area contributed by atoms with Crippen LogP contribution in [0.5, 0.6) is 5.75 Å².